The monoisotopic (exact) mass is 379 g/mol. The maximum Gasteiger partial charge on any atom is 0.332 e. The van der Waals surface area contributed by atoms with Crippen LogP contribution < -0.4 is 20.6 Å². The van der Waals surface area contributed by atoms with E-state index >= 15 is 0 Å². The molecule has 0 bridgehead atoms. The van der Waals surface area contributed by atoms with Crippen molar-refractivity contribution in [2.24, 2.45) is 10.8 Å². The minimum absolute atomic E-state index is 0.0784. The Hall–Kier alpha value is -1.55. The van der Waals surface area contributed by atoms with Gasteiger partial charge in [-0.25, -0.2) is 10.2 Å². The number of hydrogen-bond acceptors (Lipinski definition) is 5. The summed E-state index contributed by atoms with van der Waals surface area (Å²) < 4.78 is 11.4. The van der Waals surface area contributed by atoms with Crippen molar-refractivity contribution in [3.05, 3.63) is 21.3 Å². The average Bonchev–Trinajstić information content (AvgIpc) is 2.36. The van der Waals surface area contributed by atoms with E-state index in [1.54, 1.807) is 12.1 Å². The molecule has 7 nitrogen and oxygen atoms in total. The van der Waals surface area contributed by atoms with Crippen LogP contribution in [0, 0.1) is 3.57 Å². The second-order valence-corrected chi connectivity index (χ2v) is 4.50. The molecule has 0 aliphatic heterocycles. The van der Waals surface area contributed by atoms with Crippen LogP contribution in [0.3, 0.4) is 0 Å². The number of urea groups is 1. The van der Waals surface area contributed by atoms with E-state index < -0.39 is 6.03 Å². The van der Waals surface area contributed by atoms with Gasteiger partial charge in [0.1, 0.15) is 6.61 Å². The number of halogens is 1. The number of aliphatic hydroxyl groups excluding tert-OH is 1. The van der Waals surface area contributed by atoms with Crippen LogP contribution in [0.4, 0.5) is 4.79 Å². The number of carbonyl (C=O) groups excluding carboxylic acids is 1. The number of nitrogens with two attached hydrogens (primary N) is 1. The van der Waals surface area contributed by atoms with Crippen LogP contribution in [0.5, 0.6) is 11.5 Å². The zero-order chi connectivity index (χ0) is 14.3. The van der Waals surface area contributed by atoms with Crippen molar-refractivity contribution in [1.29, 1.82) is 0 Å². The Labute approximate surface area is 123 Å². The van der Waals surface area contributed by atoms with E-state index in [0.29, 0.717) is 17.1 Å². The van der Waals surface area contributed by atoms with Crippen LogP contribution in [0.1, 0.15) is 5.56 Å². The highest BCUT2D eigenvalue weighted by atomic mass is 127. The Kier molecular flexibility index (Phi) is 6.36. The number of aliphatic hydroxyl groups is 1. The number of carbonyl (C=O) groups is 1. The molecule has 2 amide bonds. The first-order valence-corrected chi connectivity index (χ1v) is 6.36. The van der Waals surface area contributed by atoms with Crippen molar-refractivity contribution in [2.75, 3.05) is 20.3 Å². The summed E-state index contributed by atoms with van der Waals surface area (Å²) in [6, 6.07) is 2.75. The van der Waals surface area contributed by atoms with Gasteiger partial charge in [-0.3, -0.25) is 0 Å². The van der Waals surface area contributed by atoms with Gasteiger partial charge in [0.25, 0.3) is 0 Å². The number of rotatable bonds is 6. The molecule has 0 aliphatic rings. The number of amides is 2. The maximum atomic E-state index is 10.5. The summed E-state index contributed by atoms with van der Waals surface area (Å²) in [5, 5.41) is 12.4. The van der Waals surface area contributed by atoms with Gasteiger partial charge in [0, 0.05) is 0 Å². The molecule has 0 fully saturated rings. The first-order valence-electron chi connectivity index (χ1n) is 5.28. The lowest BCUT2D eigenvalue weighted by atomic mass is 10.2. The fourth-order valence-electron chi connectivity index (χ4n) is 1.27. The van der Waals surface area contributed by atoms with Gasteiger partial charge >= 0.3 is 6.03 Å². The second-order valence-electron chi connectivity index (χ2n) is 3.34. The van der Waals surface area contributed by atoms with E-state index in [-0.39, 0.29) is 13.2 Å². The molecule has 104 valence electrons. The average molecular weight is 379 g/mol. The minimum atomic E-state index is -0.735. The summed E-state index contributed by atoms with van der Waals surface area (Å²) >= 11 is 2.08. The van der Waals surface area contributed by atoms with Crippen LogP contribution in [0.2, 0.25) is 0 Å². The lowest BCUT2D eigenvalue weighted by molar-refractivity contribution is 0.195. The van der Waals surface area contributed by atoms with E-state index in [1.165, 1.54) is 13.3 Å². The van der Waals surface area contributed by atoms with Gasteiger partial charge in [0.2, 0.25) is 0 Å². The number of ether oxygens (including phenoxy) is 2. The summed E-state index contributed by atoms with van der Waals surface area (Å²) in [5.41, 5.74) is 7.70. The van der Waals surface area contributed by atoms with Crippen molar-refractivity contribution < 1.29 is 19.4 Å². The lowest BCUT2D eigenvalue weighted by Crippen LogP contribution is -2.24. The molecule has 1 rings (SSSR count). The van der Waals surface area contributed by atoms with Crippen molar-refractivity contribution in [3.63, 3.8) is 0 Å². The van der Waals surface area contributed by atoms with Gasteiger partial charge in [0.15, 0.2) is 11.5 Å². The normalized spacial score (nSPS) is 10.5. The number of hydrazone groups is 1. The Balaban J connectivity index is 2.95. The van der Waals surface area contributed by atoms with Gasteiger partial charge in [-0.15, -0.1) is 0 Å². The summed E-state index contributed by atoms with van der Waals surface area (Å²) in [5.74, 6) is 1.07. The molecule has 1 aromatic carbocycles. The molecule has 0 saturated heterocycles. The number of hydrogen-bond donors (Lipinski definition) is 3. The SMILES string of the molecule is COc1cc(/C=N/NC(N)=O)cc(I)c1OCCO. The molecule has 0 spiro atoms. The zero-order valence-corrected chi connectivity index (χ0v) is 12.4. The van der Waals surface area contributed by atoms with E-state index in [9.17, 15) is 4.79 Å². The Morgan fingerprint density at radius 1 is 1.63 bits per heavy atom. The molecule has 0 saturated carbocycles. The van der Waals surface area contributed by atoms with Crippen LogP contribution in [0.15, 0.2) is 17.2 Å². The molecule has 0 heterocycles. The number of nitrogens with one attached hydrogen (secondary N) is 1. The third-order valence-corrected chi connectivity index (χ3v) is 2.78. The molecule has 8 heteroatoms. The standard InChI is InChI=1S/C11H14IN3O4/c1-18-9-5-7(6-14-15-11(13)17)4-8(12)10(9)19-3-2-16/h4-6,16H,2-3H2,1H3,(H3,13,15,17)/b14-6+. The molecular formula is C11H14IN3O4. The Morgan fingerprint density at radius 2 is 2.37 bits per heavy atom. The molecule has 0 unspecified atom stereocenters. The molecule has 0 atom stereocenters. The van der Waals surface area contributed by atoms with E-state index in [4.69, 9.17) is 20.3 Å². The smallest absolute Gasteiger partial charge is 0.332 e. The van der Waals surface area contributed by atoms with E-state index in [0.717, 1.165) is 3.57 Å². The quantitative estimate of drug-likeness (QED) is 0.384. The predicted molar refractivity (Wildman–Crippen MR) is 78.6 cm³/mol. The fraction of sp³-hybridized carbons (Fsp3) is 0.273. The lowest BCUT2D eigenvalue weighted by Gasteiger charge is -2.12. The van der Waals surface area contributed by atoms with Crippen molar-refractivity contribution in [2.45, 2.75) is 0 Å². The predicted octanol–water partition coefficient (Wildman–Crippen LogP) is 0.673. The highest BCUT2D eigenvalue weighted by Gasteiger charge is 2.10. The highest BCUT2D eigenvalue weighted by molar-refractivity contribution is 14.1. The molecule has 1 aromatic rings. The van der Waals surface area contributed by atoms with Crippen LogP contribution in [-0.4, -0.2) is 37.7 Å². The number of primary amides is 1. The van der Waals surface area contributed by atoms with Gasteiger partial charge in [-0.1, -0.05) is 0 Å². The van der Waals surface area contributed by atoms with Crippen LogP contribution in [0.25, 0.3) is 0 Å². The second kappa shape index (κ2) is 7.79. The fourth-order valence-corrected chi connectivity index (χ4v) is 2.05. The molecule has 19 heavy (non-hydrogen) atoms. The van der Waals surface area contributed by atoms with Crippen LogP contribution >= 0.6 is 22.6 Å². The molecule has 0 aliphatic carbocycles. The third-order valence-electron chi connectivity index (χ3n) is 1.98. The zero-order valence-electron chi connectivity index (χ0n) is 10.2. The Bertz CT molecular complexity index is 479. The third kappa shape index (κ3) is 4.91. The van der Waals surface area contributed by atoms with Gasteiger partial charge in [-0.05, 0) is 40.3 Å². The minimum Gasteiger partial charge on any atom is -0.493 e. The van der Waals surface area contributed by atoms with Crippen LogP contribution in [-0.2, 0) is 0 Å². The van der Waals surface area contributed by atoms with Crippen molar-refractivity contribution in [1.82, 2.24) is 5.43 Å². The highest BCUT2D eigenvalue weighted by Crippen LogP contribution is 2.33. The number of methoxy groups -OCH3 is 1. The Morgan fingerprint density at radius 3 is 2.95 bits per heavy atom. The number of nitrogens with zero attached hydrogens (tertiary/aromatic N) is 1. The van der Waals surface area contributed by atoms with E-state index in [1.807, 2.05) is 0 Å². The summed E-state index contributed by atoms with van der Waals surface area (Å²) in [4.78, 5) is 10.5. The first-order chi connectivity index (χ1) is 9.08. The van der Waals surface area contributed by atoms with Gasteiger partial charge < -0.3 is 20.3 Å². The molecule has 4 N–H and O–H groups in total. The summed E-state index contributed by atoms with van der Waals surface area (Å²) in [6.45, 7) is 0.105. The molecule has 0 radical (unpaired) electrons. The van der Waals surface area contributed by atoms with Gasteiger partial charge in [-0.2, -0.15) is 5.10 Å². The largest absolute Gasteiger partial charge is 0.493 e. The summed E-state index contributed by atoms with van der Waals surface area (Å²) in [7, 11) is 1.51. The number of benzene rings is 1. The molecular weight excluding hydrogens is 365 g/mol. The first kappa shape index (κ1) is 15.5. The summed E-state index contributed by atoms with van der Waals surface area (Å²) in [6.07, 6.45) is 1.44. The maximum absolute atomic E-state index is 10.5. The van der Waals surface area contributed by atoms with E-state index in [2.05, 4.69) is 33.1 Å². The van der Waals surface area contributed by atoms with Crippen molar-refractivity contribution in [3.8, 4) is 11.5 Å². The topological polar surface area (TPSA) is 106 Å². The van der Waals surface area contributed by atoms with Gasteiger partial charge in [0.05, 0.1) is 23.5 Å². The van der Waals surface area contributed by atoms with Crippen molar-refractivity contribution >= 4 is 34.8 Å². The molecule has 0 aromatic heterocycles.